The van der Waals surface area contributed by atoms with E-state index in [4.69, 9.17) is 9.47 Å². The second-order valence-corrected chi connectivity index (χ2v) is 13.0. The molecule has 4 rings (SSSR count). The molecular formula is C33H41F3N2O7. The van der Waals surface area contributed by atoms with Crippen molar-refractivity contribution in [1.82, 2.24) is 9.88 Å². The highest BCUT2D eigenvalue weighted by atomic mass is 19.4. The Labute approximate surface area is 260 Å². The molecule has 3 heterocycles. The van der Waals surface area contributed by atoms with Gasteiger partial charge in [0.15, 0.2) is 0 Å². The SMILES string of the molecule is C=CCCCCC[C@H](CC(=O)OC(C)(C)C)C(=O)N1C[C@@]2(CCc3c(c(C)nc4ccc(OC(F)(F)F)cc34)O2)C[C@H]1C(=O)O. The topological polar surface area (TPSA) is 115 Å². The number of fused-ring (bicyclic) bond motifs is 3. The fourth-order valence-corrected chi connectivity index (χ4v) is 6.27. The van der Waals surface area contributed by atoms with Gasteiger partial charge in [-0.2, -0.15) is 0 Å². The van der Waals surface area contributed by atoms with Gasteiger partial charge in [-0.3, -0.25) is 9.59 Å². The first-order valence-electron chi connectivity index (χ1n) is 15.2. The molecule has 0 unspecified atom stereocenters. The number of carboxylic acid groups (broad SMARTS) is 1. The van der Waals surface area contributed by atoms with Crippen LogP contribution in [-0.2, 0) is 25.5 Å². The van der Waals surface area contributed by atoms with Crippen LogP contribution in [0.5, 0.6) is 11.5 Å². The van der Waals surface area contributed by atoms with E-state index in [9.17, 15) is 32.7 Å². The molecule has 0 aliphatic carbocycles. The van der Waals surface area contributed by atoms with Crippen LogP contribution in [0.4, 0.5) is 13.2 Å². The van der Waals surface area contributed by atoms with Crippen molar-refractivity contribution in [2.75, 3.05) is 6.54 Å². The minimum absolute atomic E-state index is 0.0146. The number of pyridine rings is 1. The van der Waals surface area contributed by atoms with E-state index in [1.165, 1.54) is 23.1 Å². The van der Waals surface area contributed by atoms with E-state index in [1.54, 1.807) is 27.7 Å². The number of ether oxygens (including phenoxy) is 3. The number of aromatic nitrogens is 1. The highest BCUT2D eigenvalue weighted by Crippen LogP contribution is 2.45. The zero-order chi connectivity index (χ0) is 33.2. The molecule has 0 bridgehead atoms. The number of allylic oxidation sites excluding steroid dienone is 1. The van der Waals surface area contributed by atoms with Gasteiger partial charge in [0.1, 0.15) is 28.7 Å². The zero-order valence-corrected chi connectivity index (χ0v) is 26.2. The number of likely N-dealkylation sites (tertiary alicyclic amines) is 1. The van der Waals surface area contributed by atoms with Gasteiger partial charge in [0.05, 0.1) is 24.2 Å². The largest absolute Gasteiger partial charge is 0.573 e. The number of hydrogen-bond donors (Lipinski definition) is 1. The highest BCUT2D eigenvalue weighted by Gasteiger charge is 2.53. The third-order valence-corrected chi connectivity index (χ3v) is 8.18. The van der Waals surface area contributed by atoms with Gasteiger partial charge >= 0.3 is 18.3 Å². The summed E-state index contributed by atoms with van der Waals surface area (Å²) < 4.78 is 54.8. The number of amides is 1. The van der Waals surface area contributed by atoms with Gasteiger partial charge in [-0.15, -0.1) is 19.8 Å². The van der Waals surface area contributed by atoms with Crippen LogP contribution in [-0.4, -0.2) is 63.0 Å². The zero-order valence-electron chi connectivity index (χ0n) is 26.2. The molecule has 1 aromatic carbocycles. The van der Waals surface area contributed by atoms with Crippen LogP contribution in [0, 0.1) is 12.8 Å². The fourth-order valence-electron chi connectivity index (χ4n) is 6.27. The van der Waals surface area contributed by atoms with Gasteiger partial charge in [0.2, 0.25) is 5.91 Å². The number of benzene rings is 1. The Morgan fingerprint density at radius 3 is 2.60 bits per heavy atom. The number of nitrogens with zero attached hydrogens (tertiary/aromatic N) is 2. The number of carboxylic acids is 1. The number of aryl methyl sites for hydroxylation is 2. The third kappa shape index (κ3) is 8.46. The van der Waals surface area contributed by atoms with Crippen molar-refractivity contribution < 1.29 is 46.9 Å². The third-order valence-electron chi connectivity index (χ3n) is 8.18. The predicted octanol–water partition coefficient (Wildman–Crippen LogP) is 6.68. The van der Waals surface area contributed by atoms with Crippen LogP contribution in [0.1, 0.15) is 83.4 Å². The van der Waals surface area contributed by atoms with Crippen molar-refractivity contribution in [3.8, 4) is 11.5 Å². The second kappa shape index (κ2) is 13.3. The molecule has 1 saturated heterocycles. The first kappa shape index (κ1) is 34.1. The van der Waals surface area contributed by atoms with Gasteiger partial charge in [-0.05, 0) is 78.0 Å². The maximum absolute atomic E-state index is 14.0. The van der Waals surface area contributed by atoms with E-state index >= 15 is 0 Å². The highest BCUT2D eigenvalue weighted by molar-refractivity contribution is 5.89. The van der Waals surface area contributed by atoms with E-state index in [-0.39, 0.29) is 25.1 Å². The summed E-state index contributed by atoms with van der Waals surface area (Å²) in [5.74, 6) is -2.94. The van der Waals surface area contributed by atoms with Gasteiger partial charge < -0.3 is 24.2 Å². The molecule has 2 aliphatic rings. The summed E-state index contributed by atoms with van der Waals surface area (Å²) in [7, 11) is 0. The Morgan fingerprint density at radius 1 is 1.22 bits per heavy atom. The molecule has 1 amide bonds. The summed E-state index contributed by atoms with van der Waals surface area (Å²) in [4.78, 5) is 45.1. The number of esters is 1. The van der Waals surface area contributed by atoms with Crippen LogP contribution in [0.25, 0.3) is 10.9 Å². The fraction of sp³-hybridized carbons (Fsp3) is 0.576. The molecule has 0 saturated carbocycles. The van der Waals surface area contributed by atoms with Crippen LogP contribution < -0.4 is 9.47 Å². The van der Waals surface area contributed by atoms with Crippen molar-refractivity contribution in [1.29, 1.82) is 0 Å². The molecule has 1 spiro atoms. The van der Waals surface area contributed by atoms with E-state index in [2.05, 4.69) is 16.3 Å². The van der Waals surface area contributed by atoms with Crippen LogP contribution >= 0.6 is 0 Å². The lowest BCUT2D eigenvalue weighted by molar-refractivity contribution is -0.274. The minimum atomic E-state index is -4.86. The quantitative estimate of drug-likeness (QED) is 0.166. The smallest absolute Gasteiger partial charge is 0.483 e. The normalized spacial score (nSPS) is 20.4. The average molecular weight is 635 g/mol. The molecule has 1 aromatic heterocycles. The number of carbonyl (C=O) groups is 3. The summed E-state index contributed by atoms with van der Waals surface area (Å²) in [6.45, 7) is 10.6. The lowest BCUT2D eigenvalue weighted by Gasteiger charge is -2.36. The van der Waals surface area contributed by atoms with Crippen molar-refractivity contribution in [3.05, 3.63) is 42.1 Å². The number of aliphatic carboxylic acids is 1. The van der Waals surface area contributed by atoms with Gasteiger partial charge in [0.25, 0.3) is 0 Å². The summed E-state index contributed by atoms with van der Waals surface area (Å²) in [6.07, 6.45) is 1.12. The number of carbonyl (C=O) groups excluding carboxylic acids is 2. The number of rotatable bonds is 11. The Morgan fingerprint density at radius 2 is 1.96 bits per heavy atom. The average Bonchev–Trinajstić information content (AvgIpc) is 3.29. The lowest BCUT2D eigenvalue weighted by atomic mass is 9.87. The van der Waals surface area contributed by atoms with E-state index in [0.29, 0.717) is 53.6 Å². The van der Waals surface area contributed by atoms with Crippen molar-refractivity contribution in [2.24, 2.45) is 5.92 Å². The Hall–Kier alpha value is -3.83. The van der Waals surface area contributed by atoms with Crippen LogP contribution in [0.3, 0.4) is 0 Å². The maximum Gasteiger partial charge on any atom is 0.573 e. The molecular weight excluding hydrogens is 593 g/mol. The lowest BCUT2D eigenvalue weighted by Crippen LogP contribution is -2.46. The molecule has 12 heteroatoms. The van der Waals surface area contributed by atoms with E-state index in [0.717, 1.165) is 19.3 Å². The molecule has 45 heavy (non-hydrogen) atoms. The predicted molar refractivity (Wildman–Crippen MR) is 160 cm³/mol. The van der Waals surface area contributed by atoms with E-state index in [1.807, 2.05) is 6.08 Å². The summed E-state index contributed by atoms with van der Waals surface area (Å²) in [6, 6.07) is 2.75. The van der Waals surface area contributed by atoms with Crippen LogP contribution in [0.2, 0.25) is 0 Å². The number of alkyl halides is 3. The molecule has 1 N–H and O–H groups in total. The molecule has 1 fully saturated rings. The molecule has 2 aliphatic heterocycles. The number of hydrogen-bond acceptors (Lipinski definition) is 7. The minimum Gasteiger partial charge on any atom is -0.483 e. The molecule has 3 atom stereocenters. The van der Waals surface area contributed by atoms with Gasteiger partial charge in [-0.25, -0.2) is 9.78 Å². The summed E-state index contributed by atoms with van der Waals surface area (Å²) in [5, 5.41) is 10.6. The summed E-state index contributed by atoms with van der Waals surface area (Å²) >= 11 is 0. The monoisotopic (exact) mass is 634 g/mol. The molecule has 246 valence electrons. The first-order chi connectivity index (χ1) is 21.0. The Balaban J connectivity index is 1.60. The standard InChI is InChI=1S/C33H41F3N2O7/c1-6-7-8-9-10-11-21(16-27(39)44-31(3,4)5)29(40)38-19-32(18-26(38)30(41)42)15-14-23-24-17-22(43-33(34,35)36)12-13-25(24)37-20(2)28(23)45-32/h6,12-13,17,21,26H,1,7-11,14-16,18-19H2,2-5H3,(H,41,42)/t21-,26+,32-/m1/s1. The molecule has 0 radical (unpaired) electrons. The molecule has 2 aromatic rings. The van der Waals surface area contributed by atoms with Gasteiger partial charge in [0, 0.05) is 23.3 Å². The Bertz CT molecular complexity index is 1450. The van der Waals surface area contributed by atoms with Crippen molar-refractivity contribution in [2.45, 2.75) is 109 Å². The second-order valence-electron chi connectivity index (χ2n) is 13.0. The van der Waals surface area contributed by atoms with Crippen LogP contribution in [0.15, 0.2) is 30.9 Å². The first-order valence-corrected chi connectivity index (χ1v) is 15.2. The molecule has 9 nitrogen and oxygen atoms in total. The van der Waals surface area contributed by atoms with Gasteiger partial charge in [-0.1, -0.05) is 18.9 Å². The number of halogens is 3. The number of unbranched alkanes of at least 4 members (excludes halogenated alkanes) is 3. The van der Waals surface area contributed by atoms with Crippen molar-refractivity contribution in [3.63, 3.8) is 0 Å². The summed E-state index contributed by atoms with van der Waals surface area (Å²) in [5.41, 5.74) is -0.166. The van der Waals surface area contributed by atoms with Crippen molar-refractivity contribution >= 4 is 28.7 Å². The maximum atomic E-state index is 14.0. The van der Waals surface area contributed by atoms with E-state index < -0.39 is 47.4 Å². The Kier molecular flexibility index (Phi) is 10.0.